The predicted octanol–water partition coefficient (Wildman–Crippen LogP) is 3.81. The molecule has 2 rings (SSSR count). The molecule has 3 heteroatoms. The van der Waals surface area contributed by atoms with Crippen molar-refractivity contribution in [2.75, 3.05) is 7.11 Å². The Morgan fingerprint density at radius 1 is 1.14 bits per heavy atom. The van der Waals surface area contributed by atoms with Gasteiger partial charge in [-0.2, -0.15) is 0 Å². The van der Waals surface area contributed by atoms with Gasteiger partial charge < -0.3 is 14.6 Å². The second-order valence-corrected chi connectivity index (χ2v) is 5.70. The molecule has 0 fully saturated rings. The molecule has 2 aromatic carbocycles. The van der Waals surface area contributed by atoms with Crippen molar-refractivity contribution in [2.24, 2.45) is 0 Å². The van der Waals surface area contributed by atoms with Crippen LogP contribution in [0.15, 0.2) is 42.5 Å². The molecule has 0 bridgehead atoms. The van der Waals surface area contributed by atoms with Crippen LogP contribution in [0.1, 0.15) is 35.3 Å². The Morgan fingerprint density at radius 3 is 2.55 bits per heavy atom. The number of rotatable bonds is 6. The SMILES string of the molecule is COC(c1ccccc1C[OH+]c1cc(C)ccc1C)C(C)O. The first-order chi connectivity index (χ1) is 10.5. The molecule has 0 heterocycles. The van der Waals surface area contributed by atoms with Crippen LogP contribution >= 0.6 is 0 Å². The molecular formula is C19H25O3+. The van der Waals surface area contributed by atoms with Gasteiger partial charge in [0.2, 0.25) is 0 Å². The second kappa shape index (κ2) is 7.43. The maximum atomic E-state index is 9.90. The number of benzene rings is 2. The predicted molar refractivity (Wildman–Crippen MR) is 89.2 cm³/mol. The van der Waals surface area contributed by atoms with E-state index in [0.29, 0.717) is 6.61 Å². The van der Waals surface area contributed by atoms with E-state index >= 15 is 0 Å². The van der Waals surface area contributed by atoms with E-state index < -0.39 is 6.10 Å². The quantitative estimate of drug-likeness (QED) is 0.824. The standard InChI is InChI=1S/C19H24O3/c1-13-9-10-14(2)18(11-13)22-12-16-7-5-6-8-17(16)19(21-4)15(3)20/h5-11,15,19-20H,12H2,1-4H3/p+1. The van der Waals surface area contributed by atoms with Gasteiger partial charge in [0.25, 0.3) is 5.75 Å². The Morgan fingerprint density at radius 2 is 1.86 bits per heavy atom. The number of hydrogen-bond acceptors (Lipinski definition) is 2. The topological polar surface area (TPSA) is 42.3 Å². The lowest BCUT2D eigenvalue weighted by molar-refractivity contribution is -0.00705. The fraction of sp³-hybridized carbons (Fsp3) is 0.368. The van der Waals surface area contributed by atoms with Gasteiger partial charge in [-0.15, -0.1) is 0 Å². The Hall–Kier alpha value is -1.84. The molecule has 0 spiro atoms. The summed E-state index contributed by atoms with van der Waals surface area (Å²) in [6.07, 6.45) is -0.892. The summed E-state index contributed by atoms with van der Waals surface area (Å²) < 4.78 is 10.2. The molecule has 0 radical (unpaired) electrons. The van der Waals surface area contributed by atoms with Crippen LogP contribution in [0.5, 0.6) is 5.75 Å². The van der Waals surface area contributed by atoms with Crippen LogP contribution in [0, 0.1) is 13.8 Å². The van der Waals surface area contributed by atoms with Gasteiger partial charge >= 0.3 is 0 Å². The molecule has 0 saturated carbocycles. The van der Waals surface area contributed by atoms with E-state index in [0.717, 1.165) is 16.9 Å². The van der Waals surface area contributed by atoms with Crippen LogP contribution in [0.25, 0.3) is 0 Å². The first kappa shape index (κ1) is 16.5. The van der Waals surface area contributed by atoms with Crippen molar-refractivity contribution < 1.29 is 14.6 Å². The van der Waals surface area contributed by atoms with Gasteiger partial charge in [0.15, 0.2) is 6.61 Å². The highest BCUT2D eigenvalue weighted by Gasteiger charge is 2.20. The van der Waals surface area contributed by atoms with Crippen molar-refractivity contribution >= 4 is 0 Å². The van der Waals surface area contributed by atoms with Gasteiger partial charge in [0.1, 0.15) is 6.10 Å². The summed E-state index contributed by atoms with van der Waals surface area (Å²) in [5.41, 5.74) is 4.45. The fourth-order valence-electron chi connectivity index (χ4n) is 2.60. The Balaban J connectivity index is 2.21. The monoisotopic (exact) mass is 301 g/mol. The second-order valence-electron chi connectivity index (χ2n) is 5.70. The van der Waals surface area contributed by atoms with Crippen molar-refractivity contribution in [1.82, 2.24) is 0 Å². The molecule has 0 aromatic heterocycles. The number of hydrogen-bond donors (Lipinski definition) is 1. The van der Waals surface area contributed by atoms with Gasteiger partial charge in [0.05, 0.1) is 6.10 Å². The van der Waals surface area contributed by atoms with Gasteiger partial charge in [0, 0.05) is 24.3 Å². The average molecular weight is 301 g/mol. The van der Waals surface area contributed by atoms with Gasteiger partial charge in [-0.3, -0.25) is 0 Å². The molecule has 0 saturated heterocycles. The lowest BCUT2D eigenvalue weighted by Crippen LogP contribution is -2.18. The van der Waals surface area contributed by atoms with Crippen molar-refractivity contribution in [1.29, 1.82) is 0 Å². The molecule has 3 nitrogen and oxygen atoms in total. The summed E-state index contributed by atoms with van der Waals surface area (Å²) >= 11 is 0. The first-order valence-corrected chi connectivity index (χ1v) is 7.56. The Kier molecular flexibility index (Phi) is 5.58. The van der Waals surface area contributed by atoms with Crippen LogP contribution in [-0.2, 0) is 11.3 Å². The summed E-state index contributed by atoms with van der Waals surface area (Å²) in [6, 6.07) is 14.3. The van der Waals surface area contributed by atoms with Crippen LogP contribution in [0.4, 0.5) is 0 Å². The highest BCUT2D eigenvalue weighted by Crippen LogP contribution is 2.27. The van der Waals surface area contributed by atoms with E-state index in [1.54, 1.807) is 14.0 Å². The molecule has 22 heavy (non-hydrogen) atoms. The van der Waals surface area contributed by atoms with Crippen molar-refractivity contribution in [3.8, 4) is 5.75 Å². The van der Waals surface area contributed by atoms with E-state index in [1.165, 1.54) is 11.1 Å². The van der Waals surface area contributed by atoms with Crippen LogP contribution < -0.4 is 0 Å². The Bertz CT molecular complexity index is 620. The lowest BCUT2D eigenvalue weighted by atomic mass is 9.99. The summed E-state index contributed by atoms with van der Waals surface area (Å²) in [7, 11) is 1.62. The summed E-state index contributed by atoms with van der Waals surface area (Å²) in [6.45, 7) is 6.46. The van der Waals surface area contributed by atoms with Crippen molar-refractivity contribution in [3.63, 3.8) is 0 Å². The fourth-order valence-corrected chi connectivity index (χ4v) is 2.60. The number of ether oxygens (including phenoxy) is 2. The zero-order chi connectivity index (χ0) is 16.1. The van der Waals surface area contributed by atoms with Crippen molar-refractivity contribution in [3.05, 3.63) is 64.7 Å². The largest absolute Gasteiger partial charge is 0.579 e. The summed E-state index contributed by atoms with van der Waals surface area (Å²) in [4.78, 5) is 0. The molecule has 2 unspecified atom stereocenters. The molecule has 0 aliphatic carbocycles. The minimum atomic E-state index is -0.563. The minimum Gasteiger partial charge on any atom is -0.579 e. The van der Waals surface area contributed by atoms with E-state index in [1.807, 2.05) is 24.3 Å². The molecule has 2 N–H and O–H groups in total. The van der Waals surface area contributed by atoms with E-state index in [2.05, 4.69) is 32.0 Å². The van der Waals surface area contributed by atoms with Gasteiger partial charge in [-0.05, 0) is 44.0 Å². The molecule has 118 valence electrons. The number of aryl methyl sites for hydroxylation is 2. The minimum absolute atomic E-state index is 0.329. The zero-order valence-electron chi connectivity index (χ0n) is 13.7. The van der Waals surface area contributed by atoms with E-state index in [9.17, 15) is 5.11 Å². The van der Waals surface area contributed by atoms with Crippen LogP contribution in [0.2, 0.25) is 0 Å². The maximum Gasteiger partial charge on any atom is 0.258 e. The third kappa shape index (κ3) is 3.87. The maximum absolute atomic E-state index is 9.90. The normalized spacial score (nSPS) is 13.7. The highest BCUT2D eigenvalue weighted by atomic mass is 16.5. The molecule has 0 aliphatic heterocycles. The number of aromatic hydroxyl groups is 1. The Labute approximate surface area is 132 Å². The van der Waals surface area contributed by atoms with Gasteiger partial charge in [-0.1, -0.05) is 24.3 Å². The summed E-state index contributed by atoms with van der Waals surface area (Å²) in [5, 5.41) is 9.90. The molecular weight excluding hydrogens is 276 g/mol. The number of methoxy groups -OCH3 is 1. The number of aliphatic hydroxyl groups excluding tert-OH is 1. The molecule has 2 atom stereocenters. The highest BCUT2D eigenvalue weighted by molar-refractivity contribution is 5.36. The zero-order valence-corrected chi connectivity index (χ0v) is 13.7. The third-order valence-corrected chi connectivity index (χ3v) is 3.84. The first-order valence-electron chi connectivity index (χ1n) is 7.56. The van der Waals surface area contributed by atoms with E-state index in [-0.39, 0.29) is 6.10 Å². The smallest absolute Gasteiger partial charge is 0.258 e. The summed E-state index contributed by atoms with van der Waals surface area (Å²) in [5.74, 6) is 1.01. The molecule has 0 aliphatic rings. The van der Waals surface area contributed by atoms with Crippen LogP contribution in [0.3, 0.4) is 0 Å². The van der Waals surface area contributed by atoms with Crippen LogP contribution in [-0.4, -0.2) is 23.1 Å². The average Bonchev–Trinajstić information content (AvgIpc) is 2.50. The number of aliphatic hydroxyl groups is 2. The van der Waals surface area contributed by atoms with E-state index in [4.69, 9.17) is 9.47 Å². The van der Waals surface area contributed by atoms with Crippen molar-refractivity contribution in [2.45, 2.75) is 39.6 Å². The molecule has 0 amide bonds. The van der Waals surface area contributed by atoms with Gasteiger partial charge in [-0.25, -0.2) is 0 Å². The molecule has 2 aromatic rings. The lowest BCUT2D eigenvalue weighted by Gasteiger charge is -2.21. The third-order valence-electron chi connectivity index (χ3n) is 3.84.